The van der Waals surface area contributed by atoms with Gasteiger partial charge in [0, 0.05) is 25.1 Å². The predicted octanol–water partition coefficient (Wildman–Crippen LogP) is 1.60. The lowest BCUT2D eigenvalue weighted by molar-refractivity contribution is -0.384. The van der Waals surface area contributed by atoms with E-state index in [1.54, 1.807) is 19.9 Å². The van der Waals surface area contributed by atoms with Gasteiger partial charge in [-0.1, -0.05) is 12.1 Å². The lowest BCUT2D eigenvalue weighted by atomic mass is 10.1. The number of nitro groups is 1. The number of carbonyl (C=O) groups excluding carboxylic acids is 2. The van der Waals surface area contributed by atoms with E-state index in [1.165, 1.54) is 31.2 Å². The first-order chi connectivity index (χ1) is 9.79. The van der Waals surface area contributed by atoms with E-state index >= 15 is 0 Å². The molecule has 7 heteroatoms. The van der Waals surface area contributed by atoms with Gasteiger partial charge in [-0.25, -0.2) is 0 Å². The highest BCUT2D eigenvalue weighted by Gasteiger charge is 2.13. The summed E-state index contributed by atoms with van der Waals surface area (Å²) in [6.45, 7) is 4.86. The topological polar surface area (TPSA) is 101 Å². The number of benzene rings is 1. The molecule has 112 valence electrons. The third kappa shape index (κ3) is 5.43. The average Bonchev–Trinajstić information content (AvgIpc) is 2.37. The minimum atomic E-state index is -0.524. The molecule has 0 unspecified atom stereocenters. The Morgan fingerprint density at radius 2 is 2.00 bits per heavy atom. The van der Waals surface area contributed by atoms with Gasteiger partial charge in [0.15, 0.2) is 0 Å². The molecule has 1 aromatic carbocycles. The van der Waals surface area contributed by atoms with Crippen molar-refractivity contribution in [1.29, 1.82) is 0 Å². The van der Waals surface area contributed by atoms with Crippen LogP contribution in [0.2, 0.25) is 0 Å². The van der Waals surface area contributed by atoms with Gasteiger partial charge in [0.2, 0.25) is 5.91 Å². The molecular formula is C14H17N3O4. The zero-order valence-corrected chi connectivity index (χ0v) is 12.0. The van der Waals surface area contributed by atoms with Gasteiger partial charge in [0.25, 0.3) is 11.6 Å². The lowest BCUT2D eigenvalue weighted by Gasteiger charge is -2.12. The zero-order chi connectivity index (χ0) is 16.0. The van der Waals surface area contributed by atoms with Crippen molar-refractivity contribution in [3.8, 4) is 0 Å². The van der Waals surface area contributed by atoms with Crippen molar-refractivity contribution in [2.75, 3.05) is 0 Å². The largest absolute Gasteiger partial charge is 0.349 e. The molecule has 7 nitrogen and oxygen atoms in total. The Hall–Kier alpha value is -2.70. The summed E-state index contributed by atoms with van der Waals surface area (Å²) in [6, 6.07) is 5.70. The molecular weight excluding hydrogens is 274 g/mol. The molecule has 0 aliphatic carbocycles. The van der Waals surface area contributed by atoms with Crippen LogP contribution in [0.5, 0.6) is 0 Å². The van der Waals surface area contributed by atoms with Crippen molar-refractivity contribution >= 4 is 23.6 Å². The first-order valence-corrected chi connectivity index (χ1v) is 6.34. The molecule has 0 aliphatic heterocycles. The predicted molar refractivity (Wildman–Crippen MR) is 78.2 cm³/mol. The summed E-state index contributed by atoms with van der Waals surface area (Å²) in [5, 5.41) is 15.8. The van der Waals surface area contributed by atoms with Crippen LogP contribution in [0.1, 0.15) is 26.3 Å². The second-order valence-corrected chi connectivity index (χ2v) is 4.72. The molecule has 2 N–H and O–H groups in total. The van der Waals surface area contributed by atoms with E-state index in [0.29, 0.717) is 5.56 Å². The van der Waals surface area contributed by atoms with Crippen LogP contribution in [0.4, 0.5) is 5.69 Å². The molecule has 0 aliphatic rings. The van der Waals surface area contributed by atoms with Gasteiger partial charge in [0.05, 0.1) is 4.92 Å². The Morgan fingerprint density at radius 3 is 2.52 bits per heavy atom. The van der Waals surface area contributed by atoms with Gasteiger partial charge >= 0.3 is 0 Å². The molecule has 0 atom stereocenters. The fourth-order valence-corrected chi connectivity index (χ4v) is 1.58. The van der Waals surface area contributed by atoms with Crippen LogP contribution in [0.3, 0.4) is 0 Å². The first-order valence-electron chi connectivity index (χ1n) is 6.34. The SMILES string of the molecule is CC(=O)NC(=Cc1cccc([N+](=O)[O-])c1)C(=O)NC(C)C. The third-order valence-corrected chi connectivity index (χ3v) is 2.37. The van der Waals surface area contributed by atoms with Crippen molar-refractivity contribution in [3.05, 3.63) is 45.6 Å². The van der Waals surface area contributed by atoms with Crippen LogP contribution in [-0.4, -0.2) is 22.8 Å². The average molecular weight is 291 g/mol. The minimum Gasteiger partial charge on any atom is -0.349 e. The summed E-state index contributed by atoms with van der Waals surface area (Å²) in [5.41, 5.74) is 0.402. The third-order valence-electron chi connectivity index (χ3n) is 2.37. The molecule has 21 heavy (non-hydrogen) atoms. The van der Waals surface area contributed by atoms with E-state index in [4.69, 9.17) is 0 Å². The minimum absolute atomic E-state index is 0.0386. The molecule has 1 rings (SSSR count). The fraction of sp³-hybridized carbons (Fsp3) is 0.286. The molecule has 0 saturated heterocycles. The van der Waals surface area contributed by atoms with Crippen molar-refractivity contribution in [2.24, 2.45) is 0 Å². The number of non-ortho nitro benzene ring substituents is 1. The van der Waals surface area contributed by atoms with E-state index < -0.39 is 16.7 Å². The maximum Gasteiger partial charge on any atom is 0.270 e. The summed E-state index contributed by atoms with van der Waals surface area (Å²) < 4.78 is 0. The molecule has 0 heterocycles. The van der Waals surface area contributed by atoms with Gasteiger partial charge in [-0.3, -0.25) is 19.7 Å². The van der Waals surface area contributed by atoms with Crippen LogP contribution in [0.25, 0.3) is 6.08 Å². The Balaban J connectivity index is 3.12. The van der Waals surface area contributed by atoms with E-state index in [2.05, 4.69) is 10.6 Å². The molecule has 0 bridgehead atoms. The number of hydrogen-bond acceptors (Lipinski definition) is 4. The maximum atomic E-state index is 12.0. The molecule has 0 saturated carbocycles. The van der Waals surface area contributed by atoms with Gasteiger partial charge in [-0.15, -0.1) is 0 Å². The van der Waals surface area contributed by atoms with Crippen LogP contribution in [0.15, 0.2) is 30.0 Å². The number of nitro benzene ring substituents is 1. The molecule has 1 aromatic rings. The van der Waals surface area contributed by atoms with Gasteiger partial charge in [-0.05, 0) is 25.5 Å². The molecule has 0 radical (unpaired) electrons. The number of nitrogens with zero attached hydrogens (tertiary/aromatic N) is 1. The van der Waals surface area contributed by atoms with Crippen molar-refractivity contribution < 1.29 is 14.5 Å². The van der Waals surface area contributed by atoms with E-state index in [9.17, 15) is 19.7 Å². The summed E-state index contributed by atoms with van der Waals surface area (Å²) in [4.78, 5) is 33.4. The number of carbonyl (C=O) groups is 2. The second-order valence-electron chi connectivity index (χ2n) is 4.72. The number of amides is 2. The van der Waals surface area contributed by atoms with Gasteiger partial charge in [0.1, 0.15) is 5.70 Å². The van der Waals surface area contributed by atoms with Crippen LogP contribution in [-0.2, 0) is 9.59 Å². The number of hydrogen-bond donors (Lipinski definition) is 2. The van der Waals surface area contributed by atoms with Crippen molar-refractivity contribution in [3.63, 3.8) is 0 Å². The van der Waals surface area contributed by atoms with E-state index in [1.807, 2.05) is 0 Å². The summed E-state index contributed by atoms with van der Waals surface area (Å²) in [6.07, 6.45) is 1.39. The van der Waals surface area contributed by atoms with Gasteiger partial charge < -0.3 is 10.6 Å². The highest BCUT2D eigenvalue weighted by atomic mass is 16.6. The van der Waals surface area contributed by atoms with Crippen LogP contribution < -0.4 is 10.6 Å². The smallest absolute Gasteiger partial charge is 0.270 e. The first kappa shape index (κ1) is 16.4. The summed E-state index contributed by atoms with van der Waals surface area (Å²) in [7, 11) is 0. The Labute approximate surface area is 122 Å². The Bertz CT molecular complexity index is 594. The van der Waals surface area contributed by atoms with Gasteiger partial charge in [-0.2, -0.15) is 0 Å². The fourth-order valence-electron chi connectivity index (χ4n) is 1.58. The Morgan fingerprint density at radius 1 is 1.33 bits per heavy atom. The van der Waals surface area contributed by atoms with E-state index in [-0.39, 0.29) is 17.4 Å². The highest BCUT2D eigenvalue weighted by molar-refractivity contribution is 6.01. The standard InChI is InChI=1S/C14H17N3O4/c1-9(2)15-14(19)13(16-10(3)18)8-11-5-4-6-12(7-11)17(20)21/h4-9H,1-3H3,(H,15,19)(H,16,18). The second kappa shape index (κ2) is 7.18. The zero-order valence-electron chi connectivity index (χ0n) is 12.0. The molecule has 0 fully saturated rings. The van der Waals surface area contributed by atoms with Crippen LogP contribution >= 0.6 is 0 Å². The Kier molecular flexibility index (Phi) is 5.59. The summed E-state index contributed by atoms with van der Waals surface area (Å²) in [5.74, 6) is -0.850. The highest BCUT2D eigenvalue weighted by Crippen LogP contribution is 2.15. The van der Waals surface area contributed by atoms with Crippen LogP contribution in [0, 0.1) is 10.1 Å². The molecule has 0 spiro atoms. The molecule has 0 aromatic heterocycles. The van der Waals surface area contributed by atoms with Crippen molar-refractivity contribution in [2.45, 2.75) is 26.8 Å². The van der Waals surface area contributed by atoms with E-state index in [0.717, 1.165) is 0 Å². The van der Waals surface area contributed by atoms with Crippen molar-refractivity contribution in [1.82, 2.24) is 10.6 Å². The lowest BCUT2D eigenvalue weighted by Crippen LogP contribution is -2.37. The number of nitrogens with one attached hydrogen (secondary N) is 2. The maximum absolute atomic E-state index is 12.0. The number of rotatable bonds is 5. The molecule has 2 amide bonds. The quantitative estimate of drug-likeness (QED) is 0.488. The monoisotopic (exact) mass is 291 g/mol. The normalized spacial score (nSPS) is 11.1. The summed E-state index contributed by atoms with van der Waals surface area (Å²) >= 11 is 0.